The zero-order chi connectivity index (χ0) is 14.6. The SMILES string of the molecule is Cc1oc(S(=O)(=O)N(C)C)cc1C(=O)NCCCN. The minimum atomic E-state index is -3.67. The maximum Gasteiger partial charge on any atom is 0.275 e. The lowest BCUT2D eigenvalue weighted by Crippen LogP contribution is -2.26. The Morgan fingerprint density at radius 1 is 1.47 bits per heavy atom. The molecule has 0 spiro atoms. The second-order valence-corrected chi connectivity index (χ2v) is 6.30. The van der Waals surface area contributed by atoms with Crippen LogP contribution >= 0.6 is 0 Å². The van der Waals surface area contributed by atoms with E-state index in [2.05, 4.69) is 5.32 Å². The lowest BCUT2D eigenvalue weighted by molar-refractivity contribution is 0.0952. The number of nitrogens with zero attached hydrogens (tertiary/aromatic N) is 1. The summed E-state index contributed by atoms with van der Waals surface area (Å²) in [6.45, 7) is 2.47. The molecule has 19 heavy (non-hydrogen) atoms. The van der Waals surface area contributed by atoms with Crippen molar-refractivity contribution in [2.24, 2.45) is 5.73 Å². The van der Waals surface area contributed by atoms with Gasteiger partial charge in [0.25, 0.3) is 15.9 Å². The number of sulfonamides is 1. The van der Waals surface area contributed by atoms with Crippen molar-refractivity contribution >= 4 is 15.9 Å². The Labute approximate surface area is 112 Å². The Bertz CT molecular complexity index is 548. The van der Waals surface area contributed by atoms with E-state index >= 15 is 0 Å². The molecule has 0 unspecified atom stereocenters. The lowest BCUT2D eigenvalue weighted by Gasteiger charge is -2.07. The summed E-state index contributed by atoms with van der Waals surface area (Å²) >= 11 is 0. The molecule has 1 aromatic heterocycles. The van der Waals surface area contributed by atoms with Crippen molar-refractivity contribution in [1.82, 2.24) is 9.62 Å². The quantitative estimate of drug-likeness (QED) is 0.712. The molecule has 0 aliphatic rings. The van der Waals surface area contributed by atoms with Crippen LogP contribution in [0.25, 0.3) is 0 Å². The Balaban J connectivity index is 2.94. The predicted octanol–water partition coefficient (Wildman–Crippen LogP) is -0.0831. The Hall–Kier alpha value is -1.38. The van der Waals surface area contributed by atoms with E-state index in [0.717, 1.165) is 4.31 Å². The number of hydrogen-bond acceptors (Lipinski definition) is 5. The summed E-state index contributed by atoms with van der Waals surface area (Å²) in [4.78, 5) is 11.8. The number of carbonyl (C=O) groups is 1. The maximum absolute atomic E-state index is 11.9. The highest BCUT2D eigenvalue weighted by molar-refractivity contribution is 7.88. The van der Waals surface area contributed by atoms with Gasteiger partial charge in [-0.3, -0.25) is 4.79 Å². The van der Waals surface area contributed by atoms with E-state index in [-0.39, 0.29) is 22.3 Å². The standard InChI is InChI=1S/C11H19N3O4S/c1-8-9(11(15)13-6-4-5-12)7-10(18-8)19(16,17)14(2)3/h7H,4-6,12H2,1-3H3,(H,13,15). The number of amides is 1. The number of rotatable bonds is 6. The monoisotopic (exact) mass is 289 g/mol. The molecule has 0 radical (unpaired) electrons. The average molecular weight is 289 g/mol. The molecular weight excluding hydrogens is 270 g/mol. The Morgan fingerprint density at radius 2 is 2.11 bits per heavy atom. The van der Waals surface area contributed by atoms with Crippen LogP contribution in [0.4, 0.5) is 0 Å². The molecule has 1 amide bonds. The molecule has 7 nitrogen and oxygen atoms in total. The molecular formula is C11H19N3O4S. The van der Waals surface area contributed by atoms with Crippen LogP contribution in [-0.2, 0) is 10.0 Å². The van der Waals surface area contributed by atoms with Crippen LogP contribution in [-0.4, -0.2) is 45.8 Å². The summed E-state index contributed by atoms with van der Waals surface area (Å²) in [7, 11) is -0.877. The second-order valence-electron chi connectivity index (χ2n) is 4.22. The molecule has 0 aliphatic carbocycles. The van der Waals surface area contributed by atoms with Gasteiger partial charge in [0.2, 0.25) is 5.09 Å². The average Bonchev–Trinajstić information content (AvgIpc) is 2.72. The maximum atomic E-state index is 11.9. The first-order valence-electron chi connectivity index (χ1n) is 5.82. The predicted molar refractivity (Wildman–Crippen MR) is 70.3 cm³/mol. The van der Waals surface area contributed by atoms with Gasteiger partial charge in [0.1, 0.15) is 5.76 Å². The van der Waals surface area contributed by atoms with Crippen LogP contribution in [0.5, 0.6) is 0 Å². The van der Waals surface area contributed by atoms with E-state index in [1.165, 1.54) is 20.2 Å². The van der Waals surface area contributed by atoms with Crippen molar-refractivity contribution in [3.8, 4) is 0 Å². The van der Waals surface area contributed by atoms with Gasteiger partial charge in [-0.25, -0.2) is 12.7 Å². The fourth-order valence-electron chi connectivity index (χ4n) is 1.39. The number of aryl methyl sites for hydroxylation is 1. The zero-order valence-corrected chi connectivity index (χ0v) is 12.1. The molecule has 0 saturated heterocycles. The molecule has 0 atom stereocenters. The number of hydrogen-bond donors (Lipinski definition) is 2. The van der Waals surface area contributed by atoms with Gasteiger partial charge in [0, 0.05) is 26.7 Å². The third-order valence-electron chi connectivity index (χ3n) is 2.54. The van der Waals surface area contributed by atoms with E-state index in [1.807, 2.05) is 0 Å². The van der Waals surface area contributed by atoms with Crippen LogP contribution in [0, 0.1) is 6.92 Å². The van der Waals surface area contributed by atoms with E-state index in [1.54, 1.807) is 6.92 Å². The van der Waals surface area contributed by atoms with Gasteiger partial charge in [-0.15, -0.1) is 0 Å². The lowest BCUT2D eigenvalue weighted by atomic mass is 10.2. The molecule has 3 N–H and O–H groups in total. The first-order chi connectivity index (χ1) is 8.80. The molecule has 1 heterocycles. The van der Waals surface area contributed by atoms with Gasteiger partial charge < -0.3 is 15.5 Å². The summed E-state index contributed by atoms with van der Waals surface area (Å²) < 4.78 is 29.9. The van der Waals surface area contributed by atoms with Crippen molar-refractivity contribution in [3.63, 3.8) is 0 Å². The van der Waals surface area contributed by atoms with Crippen LogP contribution in [0.15, 0.2) is 15.6 Å². The number of carbonyl (C=O) groups excluding carboxylic acids is 1. The van der Waals surface area contributed by atoms with Crippen molar-refractivity contribution in [2.75, 3.05) is 27.2 Å². The minimum absolute atomic E-state index is 0.220. The molecule has 0 fully saturated rings. The zero-order valence-electron chi connectivity index (χ0n) is 11.3. The van der Waals surface area contributed by atoms with Crippen LogP contribution in [0.2, 0.25) is 0 Å². The molecule has 0 bridgehead atoms. The van der Waals surface area contributed by atoms with Crippen molar-refractivity contribution in [2.45, 2.75) is 18.4 Å². The minimum Gasteiger partial charge on any atom is -0.448 e. The fourth-order valence-corrected chi connectivity index (χ4v) is 2.24. The van der Waals surface area contributed by atoms with Crippen molar-refractivity contribution in [1.29, 1.82) is 0 Å². The third-order valence-corrected chi connectivity index (χ3v) is 4.21. The first kappa shape index (κ1) is 15.7. The van der Waals surface area contributed by atoms with Crippen LogP contribution in [0.1, 0.15) is 22.5 Å². The van der Waals surface area contributed by atoms with Crippen molar-refractivity contribution in [3.05, 3.63) is 17.4 Å². The largest absolute Gasteiger partial charge is 0.448 e. The number of nitrogens with one attached hydrogen (secondary N) is 1. The molecule has 8 heteroatoms. The van der Waals surface area contributed by atoms with Gasteiger partial charge in [-0.1, -0.05) is 0 Å². The Kier molecular flexibility index (Phi) is 5.10. The van der Waals surface area contributed by atoms with Gasteiger partial charge in [0.15, 0.2) is 0 Å². The summed E-state index contributed by atoms with van der Waals surface area (Å²) in [5.74, 6) is -0.0967. The smallest absolute Gasteiger partial charge is 0.275 e. The summed E-state index contributed by atoms with van der Waals surface area (Å²) in [6.07, 6.45) is 0.658. The van der Waals surface area contributed by atoms with E-state index in [0.29, 0.717) is 19.5 Å². The highest BCUT2D eigenvalue weighted by atomic mass is 32.2. The van der Waals surface area contributed by atoms with Gasteiger partial charge in [-0.05, 0) is 19.9 Å². The highest BCUT2D eigenvalue weighted by Gasteiger charge is 2.25. The van der Waals surface area contributed by atoms with E-state index in [4.69, 9.17) is 10.2 Å². The number of nitrogens with two attached hydrogens (primary N) is 1. The fraction of sp³-hybridized carbons (Fsp3) is 0.545. The van der Waals surface area contributed by atoms with Crippen LogP contribution < -0.4 is 11.1 Å². The summed E-state index contributed by atoms with van der Waals surface area (Å²) in [5.41, 5.74) is 5.54. The molecule has 1 aromatic rings. The van der Waals surface area contributed by atoms with Gasteiger partial charge in [-0.2, -0.15) is 0 Å². The highest BCUT2D eigenvalue weighted by Crippen LogP contribution is 2.21. The molecule has 108 valence electrons. The topological polar surface area (TPSA) is 106 Å². The van der Waals surface area contributed by atoms with Crippen molar-refractivity contribution < 1.29 is 17.6 Å². The molecule has 0 aliphatic heterocycles. The molecule has 0 aromatic carbocycles. The molecule has 1 rings (SSSR count). The van der Waals surface area contributed by atoms with Gasteiger partial charge >= 0.3 is 0 Å². The second kappa shape index (κ2) is 6.18. The molecule has 0 saturated carbocycles. The summed E-state index contributed by atoms with van der Waals surface area (Å²) in [5, 5.41) is 2.41. The van der Waals surface area contributed by atoms with E-state index < -0.39 is 10.0 Å². The van der Waals surface area contributed by atoms with E-state index in [9.17, 15) is 13.2 Å². The van der Waals surface area contributed by atoms with Crippen LogP contribution in [0.3, 0.4) is 0 Å². The first-order valence-corrected chi connectivity index (χ1v) is 7.26. The summed E-state index contributed by atoms with van der Waals surface area (Å²) in [6, 6.07) is 1.24. The normalized spacial score (nSPS) is 11.8. The number of furan rings is 1. The Morgan fingerprint density at radius 3 is 2.63 bits per heavy atom. The third kappa shape index (κ3) is 3.55. The van der Waals surface area contributed by atoms with Gasteiger partial charge in [0.05, 0.1) is 5.56 Å².